The fourth-order valence-electron chi connectivity index (χ4n) is 3.99. The normalized spacial score (nSPS) is 13.0. The fraction of sp³-hybridized carbons (Fsp3) is 0.407. The number of alkyl halides is 3. The minimum atomic E-state index is -4.32. The molecule has 0 saturated heterocycles. The lowest BCUT2D eigenvalue weighted by Crippen LogP contribution is -2.45. The first kappa shape index (κ1) is 29.5. The number of fused-ring (bicyclic) bond motifs is 1. The van der Waals surface area contributed by atoms with E-state index in [1.165, 1.54) is 18.1 Å². The number of carbonyl (C=O) groups is 1. The van der Waals surface area contributed by atoms with E-state index in [4.69, 9.17) is 9.47 Å². The smallest absolute Gasteiger partial charge is 0.389 e. The van der Waals surface area contributed by atoms with Gasteiger partial charge >= 0.3 is 12.2 Å². The SMILES string of the molecule is C=CCCOc1nc(-c2cc([C@@H](C)N(CC)C(=O)N[C@H](C=C)CCC(F)(F)F)cnc2OC)cn2ccnc12. The van der Waals surface area contributed by atoms with E-state index in [0.717, 1.165) is 0 Å². The number of carbonyl (C=O) groups excluding carboxylic acids is 1. The standard InChI is InChI=1S/C27H33F3N6O3/c1-6-9-14-39-25-23-31-12-13-35(23)17-22(34-25)21-15-19(16-32-24(21)38-5)18(4)36(8-3)26(37)33-20(7-2)10-11-27(28,29)30/h6-7,12-13,15-18,20H,1-2,8-11,14H2,3-5H3,(H,33,37)/t18-,20-/m1/s1. The average Bonchev–Trinajstić information content (AvgIpc) is 3.39. The molecule has 1 N–H and O–H groups in total. The number of pyridine rings is 1. The van der Waals surface area contributed by atoms with Crippen LogP contribution < -0.4 is 14.8 Å². The molecule has 0 fully saturated rings. The average molecular weight is 547 g/mol. The number of ether oxygens (including phenoxy) is 2. The maximum absolute atomic E-state index is 13.0. The molecule has 0 bridgehead atoms. The molecule has 2 atom stereocenters. The molecule has 0 aromatic carbocycles. The van der Waals surface area contributed by atoms with Gasteiger partial charge in [-0.3, -0.25) is 0 Å². The molecule has 3 aromatic rings. The highest BCUT2D eigenvalue weighted by atomic mass is 19.4. The molecule has 0 radical (unpaired) electrons. The number of imidazole rings is 1. The number of rotatable bonds is 13. The zero-order valence-corrected chi connectivity index (χ0v) is 22.2. The van der Waals surface area contributed by atoms with Crippen LogP contribution in [0.3, 0.4) is 0 Å². The van der Waals surface area contributed by atoms with Gasteiger partial charge in [0.25, 0.3) is 5.88 Å². The van der Waals surface area contributed by atoms with Gasteiger partial charge in [0, 0.05) is 43.8 Å². The van der Waals surface area contributed by atoms with Gasteiger partial charge in [-0.15, -0.1) is 13.2 Å². The molecule has 210 valence electrons. The van der Waals surface area contributed by atoms with Crippen LogP contribution in [0.5, 0.6) is 11.8 Å². The van der Waals surface area contributed by atoms with Crippen LogP contribution in [0.4, 0.5) is 18.0 Å². The van der Waals surface area contributed by atoms with Gasteiger partial charge in [-0.05, 0) is 38.3 Å². The van der Waals surface area contributed by atoms with Crippen LogP contribution >= 0.6 is 0 Å². The Morgan fingerprint density at radius 3 is 2.69 bits per heavy atom. The van der Waals surface area contributed by atoms with Gasteiger partial charge in [0.1, 0.15) is 0 Å². The second kappa shape index (κ2) is 13.1. The molecule has 3 heterocycles. The number of amides is 2. The highest BCUT2D eigenvalue weighted by Crippen LogP contribution is 2.33. The van der Waals surface area contributed by atoms with E-state index < -0.39 is 30.7 Å². The summed E-state index contributed by atoms with van der Waals surface area (Å²) in [5.41, 5.74) is 2.31. The number of nitrogens with zero attached hydrogens (tertiary/aromatic N) is 5. The van der Waals surface area contributed by atoms with Crippen molar-refractivity contribution in [2.45, 2.75) is 51.4 Å². The Labute approximate surface area is 225 Å². The number of nitrogens with one attached hydrogen (secondary N) is 1. The Balaban J connectivity index is 1.91. The molecule has 0 aliphatic carbocycles. The Morgan fingerprint density at radius 2 is 2.05 bits per heavy atom. The van der Waals surface area contributed by atoms with Crippen molar-refractivity contribution in [2.75, 3.05) is 20.3 Å². The van der Waals surface area contributed by atoms with E-state index >= 15 is 0 Å². The monoisotopic (exact) mass is 546 g/mol. The molecule has 0 saturated carbocycles. The van der Waals surface area contributed by atoms with Crippen molar-refractivity contribution in [1.29, 1.82) is 0 Å². The maximum atomic E-state index is 13.0. The van der Waals surface area contributed by atoms with Crippen LogP contribution in [-0.2, 0) is 0 Å². The van der Waals surface area contributed by atoms with Crippen molar-refractivity contribution >= 4 is 11.7 Å². The number of urea groups is 1. The third kappa shape index (κ3) is 7.49. The van der Waals surface area contributed by atoms with Crippen LogP contribution in [0.25, 0.3) is 16.9 Å². The Kier molecular flexibility index (Phi) is 9.91. The lowest BCUT2D eigenvalue weighted by molar-refractivity contribution is -0.136. The predicted octanol–water partition coefficient (Wildman–Crippen LogP) is 5.74. The minimum absolute atomic E-state index is 0.293. The molecular formula is C27H33F3N6O3. The van der Waals surface area contributed by atoms with Crippen molar-refractivity contribution in [3.8, 4) is 23.0 Å². The summed E-state index contributed by atoms with van der Waals surface area (Å²) in [6.45, 7) is 11.5. The van der Waals surface area contributed by atoms with Crippen molar-refractivity contribution in [2.24, 2.45) is 0 Å². The second-order valence-electron chi connectivity index (χ2n) is 8.75. The molecule has 0 aliphatic heterocycles. The molecule has 0 spiro atoms. The summed E-state index contributed by atoms with van der Waals surface area (Å²) in [6.07, 6.45) is 4.82. The van der Waals surface area contributed by atoms with E-state index in [1.807, 2.05) is 13.0 Å². The second-order valence-corrected chi connectivity index (χ2v) is 8.75. The first-order chi connectivity index (χ1) is 18.6. The summed E-state index contributed by atoms with van der Waals surface area (Å²) in [4.78, 5) is 28.0. The van der Waals surface area contributed by atoms with E-state index in [9.17, 15) is 18.0 Å². The first-order valence-electron chi connectivity index (χ1n) is 12.5. The molecule has 3 rings (SSSR count). The fourth-order valence-corrected chi connectivity index (χ4v) is 3.99. The summed E-state index contributed by atoms with van der Waals surface area (Å²) in [5.74, 6) is 0.657. The number of hydrogen-bond acceptors (Lipinski definition) is 6. The highest BCUT2D eigenvalue weighted by molar-refractivity contribution is 5.75. The quantitative estimate of drug-likeness (QED) is 0.217. The zero-order valence-electron chi connectivity index (χ0n) is 22.2. The van der Waals surface area contributed by atoms with Gasteiger partial charge in [0.15, 0.2) is 0 Å². The topological polar surface area (TPSA) is 93.9 Å². The predicted molar refractivity (Wildman–Crippen MR) is 142 cm³/mol. The third-order valence-corrected chi connectivity index (χ3v) is 6.13. The molecule has 12 heteroatoms. The van der Waals surface area contributed by atoms with Crippen molar-refractivity contribution in [1.82, 2.24) is 29.6 Å². The van der Waals surface area contributed by atoms with E-state index in [1.54, 1.807) is 42.2 Å². The van der Waals surface area contributed by atoms with Crippen molar-refractivity contribution in [3.63, 3.8) is 0 Å². The Hall–Kier alpha value is -4.09. The Bertz CT molecular complexity index is 1290. The summed E-state index contributed by atoms with van der Waals surface area (Å²) >= 11 is 0. The summed E-state index contributed by atoms with van der Waals surface area (Å²) in [6, 6.07) is 0.0149. The molecule has 3 aromatic heterocycles. The van der Waals surface area contributed by atoms with Crippen LogP contribution in [0, 0.1) is 0 Å². The van der Waals surface area contributed by atoms with Gasteiger partial charge in [-0.2, -0.15) is 13.2 Å². The zero-order chi connectivity index (χ0) is 28.6. The lowest BCUT2D eigenvalue weighted by atomic mass is 10.1. The molecule has 2 amide bonds. The molecule has 0 unspecified atom stereocenters. The van der Waals surface area contributed by atoms with Crippen LogP contribution in [0.2, 0.25) is 0 Å². The maximum Gasteiger partial charge on any atom is 0.389 e. The molecular weight excluding hydrogens is 513 g/mol. The van der Waals surface area contributed by atoms with E-state index in [-0.39, 0.29) is 6.42 Å². The largest absolute Gasteiger partial charge is 0.481 e. The Morgan fingerprint density at radius 1 is 1.28 bits per heavy atom. The van der Waals surface area contributed by atoms with Crippen molar-refractivity contribution < 1.29 is 27.4 Å². The number of hydrogen-bond donors (Lipinski definition) is 1. The van der Waals surface area contributed by atoms with E-state index in [2.05, 4.69) is 33.4 Å². The molecule has 0 aliphatic rings. The summed E-state index contributed by atoms with van der Waals surface area (Å²) in [7, 11) is 1.49. The van der Waals surface area contributed by atoms with Gasteiger partial charge in [0.2, 0.25) is 11.5 Å². The van der Waals surface area contributed by atoms with Crippen LogP contribution in [0.1, 0.15) is 44.7 Å². The highest BCUT2D eigenvalue weighted by Gasteiger charge is 2.29. The van der Waals surface area contributed by atoms with Gasteiger partial charge < -0.3 is 24.1 Å². The molecule has 9 nitrogen and oxygen atoms in total. The van der Waals surface area contributed by atoms with Gasteiger partial charge in [-0.25, -0.2) is 19.7 Å². The van der Waals surface area contributed by atoms with Gasteiger partial charge in [0.05, 0.1) is 31.0 Å². The van der Waals surface area contributed by atoms with E-state index in [0.29, 0.717) is 53.8 Å². The van der Waals surface area contributed by atoms with Crippen LogP contribution in [-0.4, -0.2) is 62.8 Å². The van der Waals surface area contributed by atoms with Crippen molar-refractivity contribution in [3.05, 3.63) is 61.7 Å². The summed E-state index contributed by atoms with van der Waals surface area (Å²) < 4.78 is 51.2. The minimum Gasteiger partial charge on any atom is -0.481 e. The summed E-state index contributed by atoms with van der Waals surface area (Å²) in [5, 5.41) is 2.64. The van der Waals surface area contributed by atoms with Crippen LogP contribution in [0.15, 0.2) is 56.2 Å². The number of aromatic nitrogens is 4. The first-order valence-corrected chi connectivity index (χ1v) is 12.5. The number of methoxy groups -OCH3 is 1. The number of halogens is 3. The third-order valence-electron chi connectivity index (χ3n) is 6.13. The molecule has 39 heavy (non-hydrogen) atoms. The van der Waals surface area contributed by atoms with Gasteiger partial charge in [-0.1, -0.05) is 12.2 Å². The lowest BCUT2D eigenvalue weighted by Gasteiger charge is -2.30.